The third-order valence-corrected chi connectivity index (χ3v) is 6.29. The maximum Gasteiger partial charge on any atom is 0.331 e. The van der Waals surface area contributed by atoms with Crippen LogP contribution in [0.2, 0.25) is 0 Å². The minimum Gasteiger partial charge on any atom is -0.463 e. The molecule has 2 aromatic rings. The standard InChI is InChI=1S/C22H23NO4S/c1-3-27-22(24)14-20-16-23(15-19(20)13-18-7-5-4-6-8-18)28(25,26)21-11-9-17(2)10-12-21/h4-14H,3,15-16H2,1-2H3/b19-13-,20-14+. The second-order valence-corrected chi connectivity index (χ2v) is 8.53. The Morgan fingerprint density at radius 2 is 1.68 bits per heavy atom. The molecule has 6 heteroatoms. The van der Waals surface area contributed by atoms with E-state index in [0.29, 0.717) is 5.57 Å². The van der Waals surface area contributed by atoms with Gasteiger partial charge in [-0.05, 0) is 42.7 Å². The number of nitrogens with zero attached hydrogens (tertiary/aromatic N) is 1. The first-order valence-electron chi connectivity index (χ1n) is 9.10. The van der Waals surface area contributed by atoms with Crippen LogP contribution in [0.5, 0.6) is 0 Å². The maximum absolute atomic E-state index is 13.1. The van der Waals surface area contributed by atoms with Gasteiger partial charge >= 0.3 is 5.97 Å². The Kier molecular flexibility index (Phi) is 6.11. The highest BCUT2D eigenvalue weighted by Gasteiger charge is 2.32. The van der Waals surface area contributed by atoms with Crippen LogP contribution in [0, 0.1) is 6.92 Å². The van der Waals surface area contributed by atoms with E-state index in [4.69, 9.17) is 4.74 Å². The van der Waals surface area contributed by atoms with Crippen LogP contribution >= 0.6 is 0 Å². The van der Waals surface area contributed by atoms with Crippen LogP contribution in [0.1, 0.15) is 18.1 Å². The minimum absolute atomic E-state index is 0.133. The van der Waals surface area contributed by atoms with Gasteiger partial charge in [-0.1, -0.05) is 54.1 Å². The molecular weight excluding hydrogens is 374 g/mol. The van der Waals surface area contributed by atoms with Crippen LogP contribution in [0.4, 0.5) is 0 Å². The maximum atomic E-state index is 13.1. The first-order valence-corrected chi connectivity index (χ1v) is 10.5. The minimum atomic E-state index is -3.66. The van der Waals surface area contributed by atoms with Crippen molar-refractivity contribution in [3.05, 3.63) is 82.9 Å². The van der Waals surface area contributed by atoms with E-state index in [-0.39, 0.29) is 24.6 Å². The number of hydrogen-bond acceptors (Lipinski definition) is 4. The van der Waals surface area contributed by atoms with Gasteiger partial charge in [0.1, 0.15) is 0 Å². The number of hydrogen-bond donors (Lipinski definition) is 0. The Hall–Kier alpha value is -2.70. The van der Waals surface area contributed by atoms with Gasteiger partial charge in [-0.2, -0.15) is 4.31 Å². The number of rotatable bonds is 5. The highest BCUT2D eigenvalue weighted by atomic mass is 32.2. The molecule has 0 atom stereocenters. The molecule has 5 nitrogen and oxygen atoms in total. The van der Waals surface area contributed by atoms with Crippen molar-refractivity contribution in [1.29, 1.82) is 0 Å². The molecule has 0 aromatic heterocycles. The van der Waals surface area contributed by atoms with E-state index in [0.717, 1.165) is 16.7 Å². The molecule has 1 aliphatic rings. The quantitative estimate of drug-likeness (QED) is 0.572. The molecule has 0 N–H and O–H groups in total. The molecule has 0 unspecified atom stereocenters. The Morgan fingerprint density at radius 1 is 1.04 bits per heavy atom. The van der Waals surface area contributed by atoms with Gasteiger partial charge in [0, 0.05) is 19.2 Å². The summed E-state index contributed by atoms with van der Waals surface area (Å²) in [5.41, 5.74) is 3.38. The lowest BCUT2D eigenvalue weighted by Gasteiger charge is -2.15. The molecule has 0 amide bonds. The number of sulfonamides is 1. The van der Waals surface area contributed by atoms with Gasteiger partial charge in [-0.15, -0.1) is 0 Å². The largest absolute Gasteiger partial charge is 0.463 e. The Balaban J connectivity index is 1.96. The van der Waals surface area contributed by atoms with Gasteiger partial charge in [-0.3, -0.25) is 0 Å². The number of esters is 1. The molecule has 0 bridgehead atoms. The van der Waals surface area contributed by atoms with Crippen molar-refractivity contribution in [2.75, 3.05) is 19.7 Å². The third kappa shape index (κ3) is 4.58. The van der Waals surface area contributed by atoms with Crippen LogP contribution in [-0.2, 0) is 19.6 Å². The van der Waals surface area contributed by atoms with E-state index in [1.54, 1.807) is 31.2 Å². The summed E-state index contributed by atoms with van der Waals surface area (Å²) in [4.78, 5) is 12.2. The van der Waals surface area contributed by atoms with Gasteiger partial charge < -0.3 is 4.74 Å². The van der Waals surface area contributed by atoms with Crippen molar-refractivity contribution in [3.8, 4) is 0 Å². The summed E-state index contributed by atoms with van der Waals surface area (Å²) in [6, 6.07) is 16.4. The number of ether oxygens (including phenoxy) is 1. The molecule has 1 saturated heterocycles. The molecule has 0 radical (unpaired) electrons. The molecule has 1 heterocycles. The van der Waals surface area contributed by atoms with E-state index in [2.05, 4.69) is 0 Å². The van der Waals surface area contributed by atoms with Gasteiger partial charge in [0.2, 0.25) is 10.0 Å². The summed E-state index contributed by atoms with van der Waals surface area (Å²) in [5, 5.41) is 0. The summed E-state index contributed by atoms with van der Waals surface area (Å²) in [7, 11) is -3.66. The van der Waals surface area contributed by atoms with Gasteiger partial charge in [-0.25, -0.2) is 13.2 Å². The molecule has 3 rings (SSSR count). The van der Waals surface area contributed by atoms with Crippen molar-refractivity contribution in [1.82, 2.24) is 4.31 Å². The molecule has 146 valence electrons. The second-order valence-electron chi connectivity index (χ2n) is 6.59. The Labute approximate surface area is 166 Å². The first kappa shape index (κ1) is 20.0. The lowest BCUT2D eigenvalue weighted by molar-refractivity contribution is -0.137. The smallest absolute Gasteiger partial charge is 0.331 e. The van der Waals surface area contributed by atoms with Crippen LogP contribution < -0.4 is 0 Å². The van der Waals surface area contributed by atoms with Crippen LogP contribution in [0.3, 0.4) is 0 Å². The van der Waals surface area contributed by atoms with Crippen molar-refractivity contribution >= 4 is 22.1 Å². The zero-order valence-corrected chi connectivity index (χ0v) is 16.8. The third-order valence-electron chi connectivity index (χ3n) is 4.48. The summed E-state index contributed by atoms with van der Waals surface area (Å²) < 4.78 is 32.5. The summed E-state index contributed by atoms with van der Waals surface area (Å²) in [6.45, 7) is 4.25. The fourth-order valence-electron chi connectivity index (χ4n) is 3.02. The van der Waals surface area contributed by atoms with E-state index in [1.165, 1.54) is 10.4 Å². The lowest BCUT2D eigenvalue weighted by atomic mass is 10.1. The number of carbonyl (C=O) groups is 1. The predicted molar refractivity (Wildman–Crippen MR) is 109 cm³/mol. The van der Waals surface area contributed by atoms with E-state index in [1.807, 2.05) is 43.3 Å². The summed E-state index contributed by atoms with van der Waals surface area (Å²) in [6.07, 6.45) is 3.30. The van der Waals surface area contributed by atoms with Crippen LogP contribution in [0.15, 0.2) is 76.7 Å². The highest BCUT2D eigenvalue weighted by Crippen LogP contribution is 2.29. The number of benzene rings is 2. The molecule has 2 aromatic carbocycles. The average molecular weight is 397 g/mol. The number of aryl methyl sites for hydroxylation is 1. The van der Waals surface area contributed by atoms with Crippen LogP contribution in [-0.4, -0.2) is 38.4 Å². The summed E-state index contributed by atoms with van der Waals surface area (Å²) >= 11 is 0. The zero-order valence-electron chi connectivity index (χ0n) is 16.0. The van der Waals surface area contributed by atoms with E-state index >= 15 is 0 Å². The molecule has 0 spiro atoms. The molecule has 0 aliphatic carbocycles. The molecule has 28 heavy (non-hydrogen) atoms. The molecule has 0 saturated carbocycles. The fraction of sp³-hybridized carbons (Fsp3) is 0.227. The predicted octanol–water partition coefficient (Wildman–Crippen LogP) is 3.57. The van der Waals surface area contributed by atoms with E-state index in [9.17, 15) is 13.2 Å². The van der Waals surface area contributed by atoms with Crippen LogP contribution in [0.25, 0.3) is 6.08 Å². The van der Waals surface area contributed by atoms with Crippen molar-refractivity contribution in [2.24, 2.45) is 0 Å². The fourth-order valence-corrected chi connectivity index (χ4v) is 4.42. The zero-order chi connectivity index (χ0) is 20.1. The number of carbonyl (C=O) groups excluding carboxylic acids is 1. The Morgan fingerprint density at radius 3 is 2.32 bits per heavy atom. The highest BCUT2D eigenvalue weighted by molar-refractivity contribution is 7.89. The normalized spacial score (nSPS) is 17.9. The van der Waals surface area contributed by atoms with Crippen molar-refractivity contribution in [3.63, 3.8) is 0 Å². The second kappa shape index (κ2) is 8.54. The van der Waals surface area contributed by atoms with Gasteiger partial charge in [0.15, 0.2) is 0 Å². The van der Waals surface area contributed by atoms with Crippen molar-refractivity contribution in [2.45, 2.75) is 18.7 Å². The topological polar surface area (TPSA) is 63.7 Å². The lowest BCUT2D eigenvalue weighted by Crippen LogP contribution is -2.28. The average Bonchev–Trinajstić information content (AvgIpc) is 3.06. The monoisotopic (exact) mass is 397 g/mol. The molecule has 1 fully saturated rings. The molecule has 1 aliphatic heterocycles. The van der Waals surface area contributed by atoms with Gasteiger partial charge in [0.25, 0.3) is 0 Å². The molecular formula is C22H23NO4S. The first-order chi connectivity index (χ1) is 13.4. The van der Waals surface area contributed by atoms with Gasteiger partial charge in [0.05, 0.1) is 11.5 Å². The SMILES string of the molecule is CCOC(=O)/C=C1\CN(S(=O)(=O)c2ccc(C)cc2)C\C1=C\c1ccccc1. The van der Waals surface area contributed by atoms with E-state index < -0.39 is 16.0 Å². The van der Waals surface area contributed by atoms with Crippen molar-refractivity contribution < 1.29 is 17.9 Å². The Bertz CT molecular complexity index is 1010. The summed E-state index contributed by atoms with van der Waals surface area (Å²) in [5.74, 6) is -0.467.